The molecule has 0 saturated heterocycles. The van der Waals surface area contributed by atoms with Crippen LogP contribution in [-0.2, 0) is 11.2 Å². The average molecular weight is 363 g/mol. The molecule has 134 valence electrons. The van der Waals surface area contributed by atoms with E-state index in [1.807, 2.05) is 24.3 Å². The van der Waals surface area contributed by atoms with Gasteiger partial charge >= 0.3 is 0 Å². The second-order valence-electron chi connectivity index (χ2n) is 5.50. The summed E-state index contributed by atoms with van der Waals surface area (Å²) < 4.78 is 10.5. The number of methoxy groups -OCH3 is 2. The molecule has 2 N–H and O–H groups in total. The standard InChI is InChI=1S/C19H23ClN2O3/c1-24-17-7-6-14(12-18(17)25-2)8-10-21-11-9-19(23)22-16-5-3-4-15(20)13-16/h3-7,12-13,21H,8-11H2,1-2H3,(H,22,23). The number of carbonyl (C=O) groups excluding carboxylic acids is 1. The molecule has 25 heavy (non-hydrogen) atoms. The molecule has 0 heterocycles. The molecular weight excluding hydrogens is 340 g/mol. The van der Waals surface area contributed by atoms with Gasteiger partial charge in [0.15, 0.2) is 11.5 Å². The summed E-state index contributed by atoms with van der Waals surface area (Å²) in [5.74, 6) is 1.40. The van der Waals surface area contributed by atoms with E-state index in [0.29, 0.717) is 23.7 Å². The van der Waals surface area contributed by atoms with Gasteiger partial charge in [-0.15, -0.1) is 0 Å². The molecule has 0 aromatic heterocycles. The summed E-state index contributed by atoms with van der Waals surface area (Å²) in [6, 6.07) is 13.0. The van der Waals surface area contributed by atoms with Crippen molar-refractivity contribution < 1.29 is 14.3 Å². The number of anilines is 1. The molecule has 0 aliphatic heterocycles. The quantitative estimate of drug-likeness (QED) is 0.670. The summed E-state index contributed by atoms with van der Waals surface area (Å²) in [5.41, 5.74) is 1.86. The number of nitrogens with one attached hydrogen (secondary N) is 2. The zero-order valence-corrected chi connectivity index (χ0v) is 15.2. The number of rotatable bonds is 9. The number of benzene rings is 2. The molecule has 0 aliphatic rings. The first-order valence-corrected chi connectivity index (χ1v) is 8.47. The van der Waals surface area contributed by atoms with Gasteiger partial charge in [-0.2, -0.15) is 0 Å². The fourth-order valence-corrected chi connectivity index (χ4v) is 2.58. The van der Waals surface area contributed by atoms with E-state index in [4.69, 9.17) is 21.1 Å². The summed E-state index contributed by atoms with van der Waals surface area (Å²) in [6.45, 7) is 1.39. The van der Waals surface area contributed by atoms with Gasteiger partial charge in [0.1, 0.15) is 0 Å². The van der Waals surface area contributed by atoms with Crippen molar-refractivity contribution in [3.63, 3.8) is 0 Å². The van der Waals surface area contributed by atoms with E-state index < -0.39 is 0 Å². The van der Waals surface area contributed by atoms with Crippen molar-refractivity contribution in [2.75, 3.05) is 32.6 Å². The SMILES string of the molecule is COc1ccc(CCNCCC(=O)Nc2cccc(Cl)c2)cc1OC. The highest BCUT2D eigenvalue weighted by molar-refractivity contribution is 6.30. The Morgan fingerprint density at radius 3 is 2.56 bits per heavy atom. The van der Waals surface area contributed by atoms with Gasteiger partial charge in [-0.1, -0.05) is 23.7 Å². The van der Waals surface area contributed by atoms with Crippen LogP contribution in [0, 0.1) is 0 Å². The molecule has 5 nitrogen and oxygen atoms in total. The molecule has 2 aromatic carbocycles. The van der Waals surface area contributed by atoms with E-state index >= 15 is 0 Å². The minimum Gasteiger partial charge on any atom is -0.493 e. The lowest BCUT2D eigenvalue weighted by atomic mass is 10.1. The average Bonchev–Trinajstić information content (AvgIpc) is 2.61. The Hall–Kier alpha value is -2.24. The van der Waals surface area contributed by atoms with Crippen molar-refractivity contribution >= 4 is 23.2 Å². The molecule has 6 heteroatoms. The minimum absolute atomic E-state index is 0.0408. The lowest BCUT2D eigenvalue weighted by Gasteiger charge is -2.10. The van der Waals surface area contributed by atoms with Crippen molar-refractivity contribution in [1.29, 1.82) is 0 Å². The molecule has 0 bridgehead atoms. The van der Waals surface area contributed by atoms with Crippen molar-refractivity contribution in [3.05, 3.63) is 53.1 Å². The third kappa shape index (κ3) is 6.29. The van der Waals surface area contributed by atoms with Crippen LogP contribution in [0.1, 0.15) is 12.0 Å². The highest BCUT2D eigenvalue weighted by atomic mass is 35.5. The van der Waals surface area contributed by atoms with Crippen molar-refractivity contribution in [3.8, 4) is 11.5 Å². The van der Waals surface area contributed by atoms with Crippen LogP contribution in [-0.4, -0.2) is 33.2 Å². The number of amides is 1. The molecule has 0 radical (unpaired) electrons. The lowest BCUT2D eigenvalue weighted by Crippen LogP contribution is -2.23. The largest absolute Gasteiger partial charge is 0.493 e. The molecular formula is C19H23ClN2O3. The minimum atomic E-state index is -0.0408. The van der Waals surface area contributed by atoms with E-state index in [0.717, 1.165) is 30.0 Å². The van der Waals surface area contributed by atoms with Gasteiger partial charge in [0.05, 0.1) is 14.2 Å². The zero-order valence-electron chi connectivity index (χ0n) is 14.5. The molecule has 0 spiro atoms. The second kappa shape index (κ2) is 9.91. The highest BCUT2D eigenvalue weighted by Gasteiger charge is 2.05. The van der Waals surface area contributed by atoms with Crippen LogP contribution in [0.2, 0.25) is 5.02 Å². The smallest absolute Gasteiger partial charge is 0.225 e. The van der Waals surface area contributed by atoms with Crippen LogP contribution < -0.4 is 20.1 Å². The van der Waals surface area contributed by atoms with Gasteiger partial charge in [-0.25, -0.2) is 0 Å². The molecule has 2 rings (SSSR count). The van der Waals surface area contributed by atoms with Crippen LogP contribution in [0.15, 0.2) is 42.5 Å². The number of hydrogen-bond acceptors (Lipinski definition) is 4. The van der Waals surface area contributed by atoms with Gasteiger partial charge in [0, 0.05) is 23.7 Å². The van der Waals surface area contributed by atoms with Crippen LogP contribution in [0.25, 0.3) is 0 Å². The maximum Gasteiger partial charge on any atom is 0.225 e. The maximum absolute atomic E-state index is 11.9. The number of halogens is 1. The lowest BCUT2D eigenvalue weighted by molar-refractivity contribution is -0.116. The first kappa shape index (κ1) is 19.1. The maximum atomic E-state index is 11.9. The van der Waals surface area contributed by atoms with Crippen LogP contribution in [0.3, 0.4) is 0 Å². The first-order chi connectivity index (χ1) is 12.1. The number of hydrogen-bond donors (Lipinski definition) is 2. The Morgan fingerprint density at radius 1 is 1.04 bits per heavy atom. The van der Waals surface area contributed by atoms with E-state index in [1.165, 1.54) is 0 Å². The Labute approximate surface area is 153 Å². The third-order valence-electron chi connectivity index (χ3n) is 3.68. The van der Waals surface area contributed by atoms with E-state index in [1.54, 1.807) is 32.4 Å². The molecule has 1 amide bonds. The van der Waals surface area contributed by atoms with Gasteiger partial charge in [0.2, 0.25) is 5.91 Å². The molecule has 2 aromatic rings. The van der Waals surface area contributed by atoms with E-state index in [2.05, 4.69) is 10.6 Å². The van der Waals surface area contributed by atoms with Gasteiger partial charge in [0.25, 0.3) is 0 Å². The van der Waals surface area contributed by atoms with Crippen LogP contribution >= 0.6 is 11.6 Å². The topological polar surface area (TPSA) is 59.6 Å². The normalized spacial score (nSPS) is 10.4. The molecule has 0 fully saturated rings. The van der Waals surface area contributed by atoms with Crippen molar-refractivity contribution in [1.82, 2.24) is 5.32 Å². The fourth-order valence-electron chi connectivity index (χ4n) is 2.39. The van der Waals surface area contributed by atoms with Crippen LogP contribution in [0.4, 0.5) is 5.69 Å². The highest BCUT2D eigenvalue weighted by Crippen LogP contribution is 2.27. The monoisotopic (exact) mass is 362 g/mol. The second-order valence-corrected chi connectivity index (χ2v) is 5.93. The summed E-state index contributed by atoms with van der Waals surface area (Å²) >= 11 is 5.89. The van der Waals surface area contributed by atoms with Crippen molar-refractivity contribution in [2.45, 2.75) is 12.8 Å². The van der Waals surface area contributed by atoms with Gasteiger partial charge in [-0.3, -0.25) is 4.79 Å². The van der Waals surface area contributed by atoms with E-state index in [-0.39, 0.29) is 5.91 Å². The molecule has 0 aliphatic carbocycles. The van der Waals surface area contributed by atoms with E-state index in [9.17, 15) is 4.79 Å². The fraction of sp³-hybridized carbons (Fsp3) is 0.316. The van der Waals surface area contributed by atoms with Gasteiger partial charge in [-0.05, 0) is 48.9 Å². The zero-order chi connectivity index (χ0) is 18.1. The number of ether oxygens (including phenoxy) is 2. The van der Waals surface area contributed by atoms with Crippen molar-refractivity contribution in [2.24, 2.45) is 0 Å². The summed E-state index contributed by atoms with van der Waals surface area (Å²) in [5, 5.41) is 6.70. The predicted octanol–water partition coefficient (Wildman–Crippen LogP) is 3.52. The molecule has 0 atom stereocenters. The first-order valence-electron chi connectivity index (χ1n) is 8.09. The van der Waals surface area contributed by atoms with Gasteiger partial charge < -0.3 is 20.1 Å². The third-order valence-corrected chi connectivity index (χ3v) is 3.91. The summed E-state index contributed by atoms with van der Waals surface area (Å²) in [7, 11) is 3.24. The molecule has 0 saturated carbocycles. The molecule has 0 unspecified atom stereocenters. The van der Waals surface area contributed by atoms with Crippen LogP contribution in [0.5, 0.6) is 11.5 Å². The predicted molar refractivity (Wildman–Crippen MR) is 101 cm³/mol. The Balaban J connectivity index is 1.68. The Kier molecular flexibility index (Phi) is 7.57. The Morgan fingerprint density at radius 2 is 1.84 bits per heavy atom. The summed E-state index contributed by atoms with van der Waals surface area (Å²) in [4.78, 5) is 11.9. The summed E-state index contributed by atoms with van der Waals surface area (Å²) in [6.07, 6.45) is 1.24. The number of carbonyl (C=O) groups is 1. The Bertz CT molecular complexity index is 707.